The third kappa shape index (κ3) is 3.20. The van der Waals surface area contributed by atoms with Crippen molar-refractivity contribution < 1.29 is 9.90 Å². The van der Waals surface area contributed by atoms with Crippen molar-refractivity contribution in [1.82, 2.24) is 19.6 Å². The van der Waals surface area contributed by atoms with Crippen LogP contribution in [0.3, 0.4) is 0 Å². The lowest BCUT2D eigenvalue weighted by Gasteiger charge is -2.44. The molecule has 5 rings (SSSR count). The van der Waals surface area contributed by atoms with E-state index in [1.54, 1.807) is 0 Å². The molecule has 0 unspecified atom stereocenters. The Morgan fingerprint density at radius 2 is 1.67 bits per heavy atom. The maximum Gasteiger partial charge on any atom is 0.254 e. The Morgan fingerprint density at radius 1 is 0.967 bits per heavy atom. The van der Waals surface area contributed by atoms with Gasteiger partial charge >= 0.3 is 0 Å². The molecule has 0 aliphatic carbocycles. The monoisotopic (exact) mass is 404 g/mol. The number of carbonyl (C=O) groups is 1. The number of imidazole rings is 1. The number of pyridine rings is 1. The molecular formula is C24H28N4O2. The zero-order valence-electron chi connectivity index (χ0n) is 17.1. The number of fused-ring (bicyclic) bond motifs is 1. The van der Waals surface area contributed by atoms with Gasteiger partial charge in [-0.1, -0.05) is 36.4 Å². The molecule has 6 heteroatoms. The first-order valence-corrected chi connectivity index (χ1v) is 10.8. The molecule has 156 valence electrons. The van der Waals surface area contributed by atoms with Crippen LogP contribution in [0.25, 0.3) is 5.65 Å². The topological polar surface area (TPSA) is 69.9 Å². The summed E-state index contributed by atoms with van der Waals surface area (Å²) in [6.07, 6.45) is 6.70. The number of hydrogen-bond donors (Lipinski definition) is 2. The predicted molar refractivity (Wildman–Crippen MR) is 115 cm³/mol. The fraction of sp³-hybridized carbons (Fsp3) is 0.417. The number of carbonyl (C=O) groups excluding carboxylic acids is 1. The van der Waals surface area contributed by atoms with Crippen molar-refractivity contribution in [3.63, 3.8) is 0 Å². The maximum absolute atomic E-state index is 13.1. The van der Waals surface area contributed by atoms with E-state index >= 15 is 0 Å². The highest BCUT2D eigenvalue weighted by Gasteiger charge is 2.45. The third-order valence-electron chi connectivity index (χ3n) is 6.91. The smallest absolute Gasteiger partial charge is 0.254 e. The van der Waals surface area contributed by atoms with Crippen LogP contribution in [0.15, 0.2) is 60.9 Å². The van der Waals surface area contributed by atoms with Gasteiger partial charge < -0.3 is 19.7 Å². The molecule has 0 bridgehead atoms. The average Bonchev–Trinajstić information content (AvgIpc) is 3.25. The van der Waals surface area contributed by atoms with Crippen molar-refractivity contribution in [2.24, 2.45) is 0 Å². The molecule has 30 heavy (non-hydrogen) atoms. The van der Waals surface area contributed by atoms with Gasteiger partial charge in [-0.3, -0.25) is 4.79 Å². The van der Waals surface area contributed by atoms with Crippen LogP contribution in [0.1, 0.15) is 36.9 Å². The molecule has 0 saturated carbocycles. The van der Waals surface area contributed by atoms with Crippen LogP contribution in [-0.2, 0) is 10.2 Å². The van der Waals surface area contributed by atoms with Crippen molar-refractivity contribution in [2.75, 3.05) is 26.2 Å². The molecule has 0 atom stereocenters. The summed E-state index contributed by atoms with van der Waals surface area (Å²) in [5, 5.41) is 14.1. The molecule has 2 aliphatic rings. The van der Waals surface area contributed by atoms with E-state index in [4.69, 9.17) is 4.98 Å². The number of aromatic nitrogens is 2. The Kier molecular flexibility index (Phi) is 4.83. The molecule has 6 nitrogen and oxygen atoms in total. The van der Waals surface area contributed by atoms with E-state index in [0.29, 0.717) is 39.0 Å². The van der Waals surface area contributed by atoms with Crippen molar-refractivity contribution in [3.05, 3.63) is 72.2 Å². The predicted octanol–water partition coefficient (Wildman–Crippen LogP) is 2.36. The fourth-order valence-corrected chi connectivity index (χ4v) is 5.06. The molecule has 1 aromatic carbocycles. The normalized spacial score (nSPS) is 20.9. The minimum atomic E-state index is -1.22. The Bertz CT molecular complexity index is 999. The van der Waals surface area contributed by atoms with E-state index in [1.165, 1.54) is 5.56 Å². The number of nitrogens with one attached hydrogen (secondary N) is 1. The SMILES string of the molecule is O=C(N1CCC(c2ccccc2)(c2cn3ccccc3n2)CC1)C1(O)CCNCC1. The summed E-state index contributed by atoms with van der Waals surface area (Å²) in [6, 6.07) is 16.5. The fourth-order valence-electron chi connectivity index (χ4n) is 5.06. The Labute approximate surface area is 176 Å². The van der Waals surface area contributed by atoms with E-state index < -0.39 is 5.60 Å². The van der Waals surface area contributed by atoms with Crippen molar-refractivity contribution >= 4 is 11.6 Å². The molecule has 0 spiro atoms. The lowest BCUT2D eigenvalue weighted by atomic mass is 9.70. The van der Waals surface area contributed by atoms with Gasteiger partial charge in [0, 0.05) is 30.9 Å². The van der Waals surface area contributed by atoms with Crippen LogP contribution in [-0.4, -0.2) is 57.1 Å². The van der Waals surface area contributed by atoms with Crippen molar-refractivity contribution in [3.8, 4) is 0 Å². The first kappa shape index (κ1) is 19.3. The van der Waals surface area contributed by atoms with Gasteiger partial charge in [0.15, 0.2) is 0 Å². The Balaban J connectivity index is 1.46. The van der Waals surface area contributed by atoms with Gasteiger partial charge in [-0.15, -0.1) is 0 Å². The lowest BCUT2D eigenvalue weighted by Crippen LogP contribution is -2.57. The second kappa shape index (κ2) is 7.52. The molecule has 2 aromatic heterocycles. The van der Waals surface area contributed by atoms with Crippen LogP contribution < -0.4 is 5.32 Å². The van der Waals surface area contributed by atoms with Gasteiger partial charge in [0.25, 0.3) is 5.91 Å². The number of hydrogen-bond acceptors (Lipinski definition) is 4. The second-order valence-corrected chi connectivity index (χ2v) is 8.61. The minimum absolute atomic E-state index is 0.110. The minimum Gasteiger partial charge on any atom is -0.380 e. The summed E-state index contributed by atoms with van der Waals surface area (Å²) in [6.45, 7) is 2.62. The van der Waals surface area contributed by atoms with E-state index in [0.717, 1.165) is 24.2 Å². The van der Waals surface area contributed by atoms with Gasteiger partial charge in [-0.2, -0.15) is 0 Å². The molecule has 0 radical (unpaired) electrons. The van der Waals surface area contributed by atoms with Gasteiger partial charge in [0.1, 0.15) is 11.2 Å². The first-order chi connectivity index (χ1) is 14.6. The van der Waals surface area contributed by atoms with Crippen molar-refractivity contribution in [1.29, 1.82) is 0 Å². The maximum atomic E-state index is 13.1. The highest BCUT2D eigenvalue weighted by Crippen LogP contribution is 2.42. The number of rotatable bonds is 3. The molecule has 2 N–H and O–H groups in total. The van der Waals surface area contributed by atoms with Crippen LogP contribution in [0.2, 0.25) is 0 Å². The summed E-state index contributed by atoms with van der Waals surface area (Å²) in [4.78, 5) is 20.0. The quantitative estimate of drug-likeness (QED) is 0.703. The zero-order valence-corrected chi connectivity index (χ0v) is 17.1. The van der Waals surface area contributed by atoms with Gasteiger partial charge in [0.05, 0.1) is 5.69 Å². The number of aliphatic hydroxyl groups is 1. The van der Waals surface area contributed by atoms with E-state index in [-0.39, 0.29) is 11.3 Å². The summed E-state index contributed by atoms with van der Waals surface area (Å²) < 4.78 is 2.06. The molecule has 2 saturated heterocycles. The molecule has 1 amide bonds. The Hall–Kier alpha value is -2.70. The second-order valence-electron chi connectivity index (χ2n) is 8.61. The standard InChI is InChI=1S/C24H28N4O2/c29-22(24(30)9-13-25-14-10-24)27-16-11-23(12-17-27,19-6-2-1-3-7-19)20-18-28-15-5-4-8-21(28)26-20/h1-8,15,18,25,30H,9-14,16-17H2. The largest absolute Gasteiger partial charge is 0.380 e. The number of likely N-dealkylation sites (tertiary alicyclic amines) is 1. The van der Waals surface area contributed by atoms with E-state index in [2.05, 4.69) is 40.2 Å². The zero-order chi connectivity index (χ0) is 20.6. The first-order valence-electron chi connectivity index (χ1n) is 10.8. The van der Waals surface area contributed by atoms with Crippen LogP contribution in [0.5, 0.6) is 0 Å². The van der Waals surface area contributed by atoms with Crippen LogP contribution in [0, 0.1) is 0 Å². The number of nitrogens with zero attached hydrogens (tertiary/aromatic N) is 3. The highest BCUT2D eigenvalue weighted by atomic mass is 16.3. The number of amides is 1. The molecule has 4 heterocycles. The summed E-state index contributed by atoms with van der Waals surface area (Å²) in [7, 11) is 0. The average molecular weight is 405 g/mol. The summed E-state index contributed by atoms with van der Waals surface area (Å²) >= 11 is 0. The number of piperidine rings is 2. The van der Waals surface area contributed by atoms with Crippen molar-refractivity contribution in [2.45, 2.75) is 36.7 Å². The number of benzene rings is 1. The van der Waals surface area contributed by atoms with Crippen LogP contribution >= 0.6 is 0 Å². The lowest BCUT2D eigenvalue weighted by molar-refractivity contribution is -0.155. The molecular weight excluding hydrogens is 376 g/mol. The van der Waals surface area contributed by atoms with E-state index in [9.17, 15) is 9.90 Å². The van der Waals surface area contributed by atoms with Gasteiger partial charge in [-0.25, -0.2) is 4.98 Å². The van der Waals surface area contributed by atoms with Crippen LogP contribution in [0.4, 0.5) is 0 Å². The molecule has 2 fully saturated rings. The summed E-state index contributed by atoms with van der Waals surface area (Å²) in [5.41, 5.74) is 1.76. The third-order valence-corrected chi connectivity index (χ3v) is 6.91. The van der Waals surface area contributed by atoms with Gasteiger partial charge in [0.2, 0.25) is 0 Å². The summed E-state index contributed by atoms with van der Waals surface area (Å²) in [5.74, 6) is -0.110. The Morgan fingerprint density at radius 3 is 2.37 bits per heavy atom. The molecule has 2 aliphatic heterocycles. The van der Waals surface area contributed by atoms with Gasteiger partial charge in [-0.05, 0) is 56.5 Å². The molecule has 3 aromatic rings. The highest BCUT2D eigenvalue weighted by molar-refractivity contribution is 5.85. The van der Waals surface area contributed by atoms with E-state index in [1.807, 2.05) is 35.4 Å².